The van der Waals surface area contributed by atoms with Crippen LogP contribution >= 0.6 is 43.5 Å². The van der Waals surface area contributed by atoms with E-state index < -0.39 is 20.5 Å². The van der Waals surface area contributed by atoms with E-state index in [9.17, 15) is 9.59 Å². The number of rotatable bonds is 3. The number of imide groups is 1. The van der Waals surface area contributed by atoms with Crippen molar-refractivity contribution < 1.29 is 14.3 Å². The summed E-state index contributed by atoms with van der Waals surface area (Å²) in [6.07, 6.45) is 0. The number of hydrogen-bond acceptors (Lipinski definition) is 3. The van der Waals surface area contributed by atoms with Gasteiger partial charge in [0.25, 0.3) is 0 Å². The second-order valence-corrected chi connectivity index (χ2v) is 12.5. The molecule has 4 nitrogen and oxygen atoms in total. The summed E-state index contributed by atoms with van der Waals surface area (Å²) in [5.74, 6) is -0.400. The number of carbonyl (C=O) groups excluding carboxylic acids is 2. The maximum Gasteiger partial charge on any atom is 0.239 e. The molecule has 2 amide bonds. The Balaban J connectivity index is 1.31. The summed E-state index contributed by atoms with van der Waals surface area (Å²) in [5, 5.41) is 0.627. The summed E-state index contributed by atoms with van der Waals surface area (Å²) in [7, 11) is 0. The summed E-state index contributed by atoms with van der Waals surface area (Å²) in [6, 6.07) is 30.2. The minimum absolute atomic E-state index is 0.217. The first-order chi connectivity index (χ1) is 17.8. The van der Waals surface area contributed by atoms with E-state index in [0.717, 1.165) is 22.3 Å². The zero-order valence-electron chi connectivity index (χ0n) is 19.2. The molecular weight excluding hydrogens is 618 g/mol. The molecule has 0 aromatic heterocycles. The van der Waals surface area contributed by atoms with Crippen molar-refractivity contribution in [3.8, 4) is 11.5 Å². The highest BCUT2D eigenvalue weighted by Crippen LogP contribution is 2.70. The second kappa shape index (κ2) is 8.03. The van der Waals surface area contributed by atoms with Gasteiger partial charge in [0.05, 0.1) is 26.2 Å². The lowest BCUT2D eigenvalue weighted by Crippen LogP contribution is -2.56. The Bertz CT molecular complexity index is 1480. The van der Waals surface area contributed by atoms with Crippen LogP contribution in [0.2, 0.25) is 5.02 Å². The van der Waals surface area contributed by atoms with Gasteiger partial charge in [0.1, 0.15) is 11.5 Å². The number of alkyl halides is 2. The molecule has 4 aromatic rings. The van der Waals surface area contributed by atoms with Crippen molar-refractivity contribution in [2.75, 3.05) is 4.90 Å². The zero-order valence-corrected chi connectivity index (χ0v) is 23.1. The van der Waals surface area contributed by atoms with Gasteiger partial charge in [-0.2, -0.15) is 0 Å². The normalized spacial score (nSPS) is 27.1. The predicted molar refractivity (Wildman–Crippen MR) is 150 cm³/mol. The third-order valence-corrected chi connectivity index (χ3v) is 10.7. The van der Waals surface area contributed by atoms with Gasteiger partial charge in [-0.1, -0.05) is 92.0 Å². The summed E-state index contributed by atoms with van der Waals surface area (Å²) in [6.45, 7) is 0. The first-order valence-corrected chi connectivity index (χ1v) is 13.8. The molecule has 1 heterocycles. The SMILES string of the molecule is O=C1[C@@H]2[C@@H](C(=O)N1c1ccc(Oc3ccc(Cl)cc3)cc1)C1(Br)c3ccccc3C2(Br)c2ccccc21. The maximum atomic E-state index is 14.1. The highest BCUT2D eigenvalue weighted by atomic mass is 79.9. The highest BCUT2D eigenvalue weighted by Gasteiger charge is 2.72. The summed E-state index contributed by atoms with van der Waals surface area (Å²) < 4.78 is 4.29. The second-order valence-electron chi connectivity index (χ2n) is 9.53. The van der Waals surface area contributed by atoms with Crippen LogP contribution < -0.4 is 9.64 Å². The number of nitrogens with zero attached hydrogens (tertiary/aromatic N) is 1. The van der Waals surface area contributed by atoms with Crippen molar-refractivity contribution in [3.63, 3.8) is 0 Å². The fourth-order valence-electron chi connectivity index (χ4n) is 6.22. The third-order valence-electron chi connectivity index (χ3n) is 7.73. The molecule has 1 fully saturated rings. The van der Waals surface area contributed by atoms with Gasteiger partial charge >= 0.3 is 0 Å². The first kappa shape index (κ1) is 23.2. The van der Waals surface area contributed by atoms with E-state index in [1.807, 2.05) is 24.3 Å². The van der Waals surface area contributed by atoms with E-state index in [1.54, 1.807) is 48.5 Å². The van der Waals surface area contributed by atoms with Gasteiger partial charge in [-0.25, -0.2) is 4.90 Å². The Labute approximate surface area is 235 Å². The molecule has 3 aliphatic carbocycles. The molecule has 1 aliphatic heterocycles. The quantitative estimate of drug-likeness (QED) is 0.173. The van der Waals surface area contributed by atoms with Crippen LogP contribution in [0.5, 0.6) is 11.5 Å². The van der Waals surface area contributed by atoms with Crippen LogP contribution in [-0.4, -0.2) is 11.8 Å². The van der Waals surface area contributed by atoms with Gasteiger partial charge in [0.15, 0.2) is 0 Å². The number of anilines is 1. The van der Waals surface area contributed by atoms with Gasteiger partial charge in [-0.15, -0.1) is 0 Å². The largest absolute Gasteiger partial charge is 0.457 e. The van der Waals surface area contributed by atoms with Crippen LogP contribution in [-0.2, 0) is 18.2 Å². The van der Waals surface area contributed by atoms with E-state index in [1.165, 1.54) is 4.90 Å². The zero-order chi connectivity index (χ0) is 25.5. The lowest BCUT2D eigenvalue weighted by Gasteiger charge is -2.55. The number of ether oxygens (including phenoxy) is 1. The van der Waals surface area contributed by atoms with Crippen LogP contribution in [0.1, 0.15) is 22.3 Å². The van der Waals surface area contributed by atoms with Crippen LogP contribution in [0, 0.1) is 11.8 Å². The van der Waals surface area contributed by atoms with Crippen molar-refractivity contribution in [2.45, 2.75) is 8.65 Å². The average molecular weight is 636 g/mol. The Morgan fingerprint density at radius 2 is 1.00 bits per heavy atom. The van der Waals surface area contributed by atoms with Crippen molar-refractivity contribution in [3.05, 3.63) is 124 Å². The van der Waals surface area contributed by atoms with E-state index >= 15 is 0 Å². The fourth-order valence-corrected chi connectivity index (χ4v) is 8.65. The van der Waals surface area contributed by atoms with Crippen LogP contribution in [0.3, 0.4) is 0 Å². The van der Waals surface area contributed by atoms with E-state index in [0.29, 0.717) is 22.2 Å². The van der Waals surface area contributed by atoms with Gasteiger partial charge in [0, 0.05) is 5.02 Å². The van der Waals surface area contributed by atoms with Gasteiger partial charge in [0.2, 0.25) is 11.8 Å². The molecule has 0 radical (unpaired) electrons. The summed E-state index contributed by atoms with van der Waals surface area (Å²) in [5.41, 5.74) is 4.58. The van der Waals surface area contributed by atoms with E-state index in [-0.39, 0.29) is 11.8 Å². The fraction of sp³-hybridized carbons (Fsp3) is 0.133. The van der Waals surface area contributed by atoms with Crippen molar-refractivity contribution in [2.24, 2.45) is 11.8 Å². The van der Waals surface area contributed by atoms with Crippen molar-refractivity contribution in [1.29, 1.82) is 0 Å². The molecular formula is C30H18Br2ClNO3. The van der Waals surface area contributed by atoms with Crippen LogP contribution in [0.25, 0.3) is 0 Å². The molecule has 2 atom stereocenters. The lowest BCUT2D eigenvalue weighted by atomic mass is 9.54. The molecule has 0 saturated carbocycles. The number of amides is 2. The first-order valence-electron chi connectivity index (χ1n) is 11.8. The standard InChI is InChI=1S/C30H18Br2ClNO3/c31-29-21-5-1-2-6-22(21)30(32,24-8-4-3-7-23(24)29)26-25(29)27(35)34(28(26)36)18-11-15-20(16-12-18)37-19-13-9-17(33)10-14-19/h1-16,25-26H/t25-,26-,29?,30?/m0/s1. The van der Waals surface area contributed by atoms with Crippen molar-refractivity contribution >= 4 is 61.0 Å². The molecule has 7 heteroatoms. The summed E-state index contributed by atoms with van der Waals surface area (Å²) >= 11 is 14.0. The minimum atomic E-state index is -0.806. The smallest absolute Gasteiger partial charge is 0.239 e. The lowest BCUT2D eigenvalue weighted by molar-refractivity contribution is -0.122. The topological polar surface area (TPSA) is 46.6 Å². The Morgan fingerprint density at radius 1 is 0.622 bits per heavy atom. The number of hydrogen-bond donors (Lipinski definition) is 0. The Morgan fingerprint density at radius 3 is 1.41 bits per heavy atom. The number of benzene rings is 4. The van der Waals surface area contributed by atoms with Crippen LogP contribution in [0.4, 0.5) is 5.69 Å². The molecule has 0 unspecified atom stereocenters. The van der Waals surface area contributed by atoms with Gasteiger partial charge in [-0.3, -0.25) is 9.59 Å². The summed E-state index contributed by atoms with van der Waals surface area (Å²) in [4.78, 5) is 29.6. The van der Waals surface area contributed by atoms with Crippen molar-refractivity contribution in [1.82, 2.24) is 0 Å². The molecule has 37 heavy (non-hydrogen) atoms. The Kier molecular flexibility index (Phi) is 5.04. The molecule has 4 aliphatic rings. The predicted octanol–water partition coefficient (Wildman–Crippen LogP) is 7.54. The monoisotopic (exact) mass is 633 g/mol. The molecule has 0 N–H and O–H groups in total. The van der Waals surface area contributed by atoms with E-state index in [2.05, 4.69) is 56.1 Å². The molecule has 2 bridgehead atoms. The molecule has 0 spiro atoms. The molecule has 182 valence electrons. The van der Waals surface area contributed by atoms with Crippen LogP contribution in [0.15, 0.2) is 97.1 Å². The van der Waals surface area contributed by atoms with E-state index in [4.69, 9.17) is 16.3 Å². The minimum Gasteiger partial charge on any atom is -0.457 e. The molecule has 8 rings (SSSR count). The highest BCUT2D eigenvalue weighted by molar-refractivity contribution is 9.10. The van der Waals surface area contributed by atoms with Gasteiger partial charge in [-0.05, 0) is 70.8 Å². The molecule has 1 saturated heterocycles. The van der Waals surface area contributed by atoms with Gasteiger partial charge < -0.3 is 4.74 Å². The average Bonchev–Trinajstić information content (AvgIpc) is 3.20. The third kappa shape index (κ3) is 3.01. The maximum absolute atomic E-state index is 14.1. The number of halogens is 3. The Hall–Kier alpha value is -2.93. The number of carbonyl (C=O) groups is 2. The molecule has 4 aromatic carbocycles.